The molecule has 7 nitrogen and oxygen atoms in total. The summed E-state index contributed by atoms with van der Waals surface area (Å²) in [6, 6.07) is 4.91. The van der Waals surface area contributed by atoms with Crippen molar-refractivity contribution >= 4 is 10.0 Å². The van der Waals surface area contributed by atoms with Gasteiger partial charge in [-0.05, 0) is 37.1 Å². The van der Waals surface area contributed by atoms with Gasteiger partial charge in [0, 0.05) is 38.0 Å². The van der Waals surface area contributed by atoms with Crippen molar-refractivity contribution in [3.05, 3.63) is 41.7 Å². The van der Waals surface area contributed by atoms with Gasteiger partial charge in [0.2, 0.25) is 10.0 Å². The maximum Gasteiger partial charge on any atom is 0.243 e. The lowest BCUT2D eigenvalue weighted by atomic mass is 9.96. The van der Waals surface area contributed by atoms with Gasteiger partial charge in [0.15, 0.2) is 5.82 Å². The first-order valence-corrected chi connectivity index (χ1v) is 10.1. The first kappa shape index (κ1) is 17.6. The van der Waals surface area contributed by atoms with E-state index in [2.05, 4.69) is 15.2 Å². The molecule has 0 spiro atoms. The number of ether oxygens (including phenoxy) is 1. The largest absolute Gasteiger partial charge is 0.384 e. The summed E-state index contributed by atoms with van der Waals surface area (Å²) in [6.07, 6.45) is 2.21. The Hall–Kier alpha value is -1.84. The molecule has 1 aliphatic heterocycles. The van der Waals surface area contributed by atoms with Gasteiger partial charge < -0.3 is 4.74 Å². The summed E-state index contributed by atoms with van der Waals surface area (Å²) in [5, 5.41) is 7.27. The molecule has 0 unspecified atom stereocenters. The molecule has 1 N–H and O–H groups in total. The fourth-order valence-electron chi connectivity index (χ4n) is 3.45. The molecule has 2 fully saturated rings. The molecular weight excluding hydrogens is 359 g/mol. The van der Waals surface area contributed by atoms with E-state index in [1.54, 1.807) is 7.11 Å². The minimum Gasteiger partial charge on any atom is -0.384 e. The van der Waals surface area contributed by atoms with Crippen LogP contribution in [0.25, 0.3) is 0 Å². The van der Waals surface area contributed by atoms with E-state index < -0.39 is 15.8 Å². The lowest BCUT2D eigenvalue weighted by Crippen LogP contribution is -2.29. The van der Waals surface area contributed by atoms with Crippen LogP contribution in [0.4, 0.5) is 4.39 Å². The van der Waals surface area contributed by atoms with Gasteiger partial charge in [-0.3, -0.25) is 5.10 Å². The Morgan fingerprint density at radius 3 is 2.65 bits per heavy atom. The van der Waals surface area contributed by atoms with Crippen molar-refractivity contribution in [3.63, 3.8) is 0 Å². The number of aromatic amines is 1. The smallest absolute Gasteiger partial charge is 0.243 e. The number of rotatable bonds is 6. The number of aromatic nitrogens is 3. The molecule has 2 aliphatic rings. The predicted molar refractivity (Wildman–Crippen MR) is 91.6 cm³/mol. The van der Waals surface area contributed by atoms with Gasteiger partial charge in [-0.1, -0.05) is 0 Å². The molecule has 26 heavy (non-hydrogen) atoms. The summed E-state index contributed by atoms with van der Waals surface area (Å²) < 4.78 is 45.7. The molecule has 1 saturated heterocycles. The van der Waals surface area contributed by atoms with Crippen LogP contribution in [0.3, 0.4) is 0 Å². The molecule has 0 bridgehead atoms. The fraction of sp³-hybridized carbons (Fsp3) is 0.529. The maximum absolute atomic E-state index is 13.1. The highest BCUT2D eigenvalue weighted by Crippen LogP contribution is 2.40. The lowest BCUT2D eigenvalue weighted by molar-refractivity contribution is 0.150. The molecule has 1 aromatic carbocycles. The number of sulfonamides is 1. The molecule has 2 atom stereocenters. The van der Waals surface area contributed by atoms with Crippen molar-refractivity contribution in [1.82, 2.24) is 19.5 Å². The normalized spacial score (nSPS) is 24.2. The van der Waals surface area contributed by atoms with Crippen LogP contribution in [0, 0.1) is 11.7 Å². The van der Waals surface area contributed by atoms with Gasteiger partial charge in [-0.15, -0.1) is 0 Å². The topological polar surface area (TPSA) is 88.2 Å². The first-order chi connectivity index (χ1) is 12.5. The predicted octanol–water partition coefficient (Wildman–Crippen LogP) is 1.87. The number of hydrogen-bond acceptors (Lipinski definition) is 5. The number of nitrogens with one attached hydrogen (secondary N) is 1. The Balaban J connectivity index is 1.59. The van der Waals surface area contributed by atoms with E-state index in [1.165, 1.54) is 16.4 Å². The average Bonchev–Trinajstić information content (AvgIpc) is 3.19. The molecule has 2 heterocycles. The van der Waals surface area contributed by atoms with Crippen LogP contribution in [-0.4, -0.2) is 54.7 Å². The van der Waals surface area contributed by atoms with Gasteiger partial charge in [0.25, 0.3) is 0 Å². The summed E-state index contributed by atoms with van der Waals surface area (Å²) in [5.74, 6) is 1.37. The van der Waals surface area contributed by atoms with E-state index in [0.717, 1.165) is 30.8 Å². The van der Waals surface area contributed by atoms with Gasteiger partial charge in [0.05, 0.1) is 11.5 Å². The van der Waals surface area contributed by atoms with E-state index in [4.69, 9.17) is 4.74 Å². The SMILES string of the molecule is COC[C@@H]1CN(S(=O)(=O)c2ccc(F)cc2)C[C@H]1c1nc(C2CC2)n[nH]1. The van der Waals surface area contributed by atoms with Gasteiger partial charge >= 0.3 is 0 Å². The van der Waals surface area contributed by atoms with Crippen molar-refractivity contribution in [3.8, 4) is 0 Å². The van der Waals surface area contributed by atoms with Crippen LogP contribution in [0.15, 0.2) is 29.2 Å². The summed E-state index contributed by atoms with van der Waals surface area (Å²) >= 11 is 0. The highest BCUT2D eigenvalue weighted by Gasteiger charge is 2.42. The highest BCUT2D eigenvalue weighted by atomic mass is 32.2. The maximum atomic E-state index is 13.1. The Kier molecular flexibility index (Phi) is 4.54. The zero-order valence-corrected chi connectivity index (χ0v) is 15.2. The van der Waals surface area contributed by atoms with E-state index in [1.807, 2.05) is 0 Å². The van der Waals surface area contributed by atoms with Gasteiger partial charge in [-0.25, -0.2) is 17.8 Å². The number of H-pyrrole nitrogens is 1. The number of benzene rings is 1. The molecule has 9 heteroatoms. The molecule has 1 saturated carbocycles. The zero-order chi connectivity index (χ0) is 18.3. The fourth-order valence-corrected chi connectivity index (χ4v) is 4.98. The number of methoxy groups -OCH3 is 1. The summed E-state index contributed by atoms with van der Waals surface area (Å²) in [7, 11) is -2.09. The molecule has 2 aromatic rings. The third-order valence-corrected chi connectivity index (χ3v) is 6.90. The van der Waals surface area contributed by atoms with Crippen molar-refractivity contribution in [2.45, 2.75) is 29.6 Å². The average molecular weight is 380 g/mol. The van der Waals surface area contributed by atoms with E-state index in [-0.39, 0.29) is 16.7 Å². The zero-order valence-electron chi connectivity index (χ0n) is 14.4. The molecule has 1 aliphatic carbocycles. The highest BCUT2D eigenvalue weighted by molar-refractivity contribution is 7.89. The van der Waals surface area contributed by atoms with Crippen molar-refractivity contribution < 1.29 is 17.5 Å². The Bertz CT molecular complexity index is 880. The third-order valence-electron chi connectivity index (χ3n) is 5.05. The third kappa shape index (κ3) is 3.26. The lowest BCUT2D eigenvalue weighted by Gasteiger charge is -2.16. The second-order valence-corrected chi connectivity index (χ2v) is 8.89. The van der Waals surface area contributed by atoms with Crippen LogP contribution >= 0.6 is 0 Å². The molecule has 0 amide bonds. The van der Waals surface area contributed by atoms with Crippen LogP contribution in [0.5, 0.6) is 0 Å². The summed E-state index contributed by atoms with van der Waals surface area (Å²) in [6.45, 7) is 1.06. The quantitative estimate of drug-likeness (QED) is 0.827. The molecule has 1 aromatic heterocycles. The van der Waals surface area contributed by atoms with E-state index in [9.17, 15) is 12.8 Å². The van der Waals surface area contributed by atoms with E-state index >= 15 is 0 Å². The monoisotopic (exact) mass is 380 g/mol. The van der Waals surface area contributed by atoms with E-state index in [0.29, 0.717) is 31.4 Å². The standard InChI is InChI=1S/C17H21FN4O3S/c1-25-10-12-8-22(26(23,24)14-6-4-13(18)5-7-14)9-15(12)17-19-16(20-21-17)11-2-3-11/h4-7,11-12,15H,2-3,8-10H2,1H3,(H,19,20,21)/t12-,15+/m0/s1. The number of nitrogens with zero attached hydrogens (tertiary/aromatic N) is 3. The van der Waals surface area contributed by atoms with Crippen LogP contribution in [0.1, 0.15) is 36.3 Å². The van der Waals surface area contributed by atoms with Gasteiger partial charge in [0.1, 0.15) is 11.6 Å². The van der Waals surface area contributed by atoms with Crippen LogP contribution in [-0.2, 0) is 14.8 Å². The van der Waals surface area contributed by atoms with Gasteiger partial charge in [-0.2, -0.15) is 9.40 Å². The Labute approximate surface area is 151 Å². The minimum atomic E-state index is -3.70. The van der Waals surface area contributed by atoms with Crippen LogP contribution < -0.4 is 0 Å². The number of halogens is 1. The van der Waals surface area contributed by atoms with Crippen molar-refractivity contribution in [2.24, 2.45) is 5.92 Å². The second-order valence-electron chi connectivity index (χ2n) is 6.95. The Morgan fingerprint density at radius 1 is 1.27 bits per heavy atom. The number of hydrogen-bond donors (Lipinski definition) is 1. The van der Waals surface area contributed by atoms with Crippen molar-refractivity contribution in [1.29, 1.82) is 0 Å². The Morgan fingerprint density at radius 2 is 2.00 bits per heavy atom. The second kappa shape index (κ2) is 6.71. The molecule has 0 radical (unpaired) electrons. The minimum absolute atomic E-state index is 0.0183. The summed E-state index contributed by atoms with van der Waals surface area (Å²) in [4.78, 5) is 4.68. The molecule has 140 valence electrons. The summed E-state index contributed by atoms with van der Waals surface area (Å²) in [5.41, 5.74) is 0. The molecule has 4 rings (SSSR count). The first-order valence-electron chi connectivity index (χ1n) is 8.66. The van der Waals surface area contributed by atoms with Crippen LogP contribution in [0.2, 0.25) is 0 Å². The van der Waals surface area contributed by atoms with Crippen molar-refractivity contribution in [2.75, 3.05) is 26.8 Å². The molecular formula is C17H21FN4O3S.